The molecule has 4 nitrogen and oxygen atoms in total. The van der Waals surface area contributed by atoms with Crippen LogP contribution in [0.25, 0.3) is 0 Å². The second-order valence-electron chi connectivity index (χ2n) is 3.96. The van der Waals surface area contributed by atoms with Crippen molar-refractivity contribution < 1.29 is 10.2 Å². The first-order valence-electron chi connectivity index (χ1n) is 5.12. The Morgan fingerprint density at radius 1 is 1.07 bits per heavy atom. The zero-order chi connectivity index (χ0) is 10.8. The number of phenolic OH excluding ortho intramolecular Hbond substituents is 2. The molecular formula is C11H16N2O2. The van der Waals surface area contributed by atoms with Gasteiger partial charge in [-0.05, 0) is 19.2 Å². The van der Waals surface area contributed by atoms with Gasteiger partial charge in [-0.1, -0.05) is 0 Å². The van der Waals surface area contributed by atoms with Crippen LogP contribution >= 0.6 is 0 Å². The van der Waals surface area contributed by atoms with Crippen molar-refractivity contribution in [3.8, 4) is 11.5 Å². The molecule has 0 saturated carbocycles. The lowest BCUT2D eigenvalue weighted by atomic mass is 10.2. The fourth-order valence-electron chi connectivity index (χ4n) is 1.83. The van der Waals surface area contributed by atoms with Gasteiger partial charge in [0.15, 0.2) is 0 Å². The summed E-state index contributed by atoms with van der Waals surface area (Å²) >= 11 is 0. The molecule has 2 N–H and O–H groups in total. The standard InChI is InChI=1S/C11H16N2O2/c1-12-4-6-13(7-5-12)10-3-2-9(14)8-11(10)15/h2-3,8,14-15H,4-7H2,1H3. The molecule has 2 rings (SSSR count). The third-order valence-electron chi connectivity index (χ3n) is 2.80. The Kier molecular flexibility index (Phi) is 2.68. The van der Waals surface area contributed by atoms with Gasteiger partial charge in [-0.25, -0.2) is 0 Å². The van der Waals surface area contributed by atoms with Crippen molar-refractivity contribution >= 4 is 5.69 Å². The number of rotatable bonds is 1. The van der Waals surface area contributed by atoms with E-state index in [9.17, 15) is 10.2 Å². The summed E-state index contributed by atoms with van der Waals surface area (Å²) in [7, 11) is 2.09. The van der Waals surface area contributed by atoms with Gasteiger partial charge in [-0.2, -0.15) is 0 Å². The lowest BCUT2D eigenvalue weighted by Gasteiger charge is -2.34. The molecule has 1 aromatic carbocycles. The van der Waals surface area contributed by atoms with Gasteiger partial charge in [0.25, 0.3) is 0 Å². The number of benzene rings is 1. The molecule has 82 valence electrons. The number of hydrogen-bond donors (Lipinski definition) is 2. The Labute approximate surface area is 89.4 Å². The minimum atomic E-state index is 0.102. The van der Waals surface area contributed by atoms with Gasteiger partial charge in [-0.15, -0.1) is 0 Å². The van der Waals surface area contributed by atoms with Crippen LogP contribution in [0.5, 0.6) is 11.5 Å². The summed E-state index contributed by atoms with van der Waals surface area (Å²) in [4.78, 5) is 4.39. The number of hydrogen-bond acceptors (Lipinski definition) is 4. The zero-order valence-electron chi connectivity index (χ0n) is 8.85. The Bertz CT molecular complexity index is 346. The van der Waals surface area contributed by atoms with E-state index >= 15 is 0 Å². The van der Waals surface area contributed by atoms with Gasteiger partial charge >= 0.3 is 0 Å². The zero-order valence-corrected chi connectivity index (χ0v) is 8.85. The van der Waals surface area contributed by atoms with E-state index in [2.05, 4.69) is 16.8 Å². The van der Waals surface area contributed by atoms with E-state index in [0.717, 1.165) is 31.9 Å². The monoisotopic (exact) mass is 208 g/mol. The van der Waals surface area contributed by atoms with Crippen LogP contribution in [0, 0.1) is 0 Å². The number of anilines is 1. The number of piperazine rings is 1. The lowest BCUT2D eigenvalue weighted by Crippen LogP contribution is -2.44. The van der Waals surface area contributed by atoms with Crippen LogP contribution in [-0.2, 0) is 0 Å². The van der Waals surface area contributed by atoms with E-state index in [4.69, 9.17) is 0 Å². The van der Waals surface area contributed by atoms with E-state index in [1.165, 1.54) is 6.07 Å². The van der Waals surface area contributed by atoms with Gasteiger partial charge < -0.3 is 20.0 Å². The van der Waals surface area contributed by atoms with Gasteiger partial charge in [-0.3, -0.25) is 0 Å². The SMILES string of the molecule is CN1CCN(c2ccc(O)cc2O)CC1. The highest BCUT2D eigenvalue weighted by atomic mass is 16.3. The molecule has 0 atom stereocenters. The van der Waals surface area contributed by atoms with Gasteiger partial charge in [0, 0.05) is 32.2 Å². The predicted octanol–water partition coefficient (Wildman–Crippen LogP) is 0.850. The van der Waals surface area contributed by atoms with Crippen molar-refractivity contribution in [2.45, 2.75) is 0 Å². The summed E-state index contributed by atoms with van der Waals surface area (Å²) < 4.78 is 0. The summed E-state index contributed by atoms with van der Waals surface area (Å²) in [6.45, 7) is 3.82. The molecule has 4 heteroatoms. The molecule has 0 radical (unpaired) electrons. The third kappa shape index (κ3) is 2.15. The number of phenols is 2. The first-order valence-corrected chi connectivity index (χ1v) is 5.12. The van der Waals surface area contributed by atoms with Gasteiger partial charge in [0.2, 0.25) is 0 Å². The first kappa shape index (κ1) is 10.1. The fraction of sp³-hybridized carbons (Fsp3) is 0.455. The smallest absolute Gasteiger partial charge is 0.142 e. The molecule has 0 bridgehead atoms. The minimum absolute atomic E-state index is 0.102. The lowest BCUT2D eigenvalue weighted by molar-refractivity contribution is 0.311. The maximum atomic E-state index is 9.69. The van der Waals surface area contributed by atoms with Crippen molar-refractivity contribution in [2.24, 2.45) is 0 Å². The van der Waals surface area contributed by atoms with E-state index in [-0.39, 0.29) is 11.5 Å². The highest BCUT2D eigenvalue weighted by Gasteiger charge is 2.16. The molecule has 0 unspecified atom stereocenters. The topological polar surface area (TPSA) is 46.9 Å². The molecule has 0 spiro atoms. The minimum Gasteiger partial charge on any atom is -0.508 e. The number of aromatic hydroxyl groups is 2. The molecule has 15 heavy (non-hydrogen) atoms. The highest BCUT2D eigenvalue weighted by Crippen LogP contribution is 2.30. The van der Waals surface area contributed by atoms with Gasteiger partial charge in [0.05, 0.1) is 5.69 Å². The van der Waals surface area contributed by atoms with Crippen LogP contribution in [0.3, 0.4) is 0 Å². The molecule has 0 amide bonds. The Morgan fingerprint density at radius 3 is 2.33 bits per heavy atom. The average molecular weight is 208 g/mol. The van der Waals surface area contributed by atoms with E-state index < -0.39 is 0 Å². The molecule has 0 aliphatic carbocycles. The van der Waals surface area contributed by atoms with Crippen LogP contribution in [0.1, 0.15) is 0 Å². The Hall–Kier alpha value is -1.42. The van der Waals surface area contributed by atoms with Crippen molar-refractivity contribution in [1.29, 1.82) is 0 Å². The number of likely N-dealkylation sites (N-methyl/N-ethyl adjacent to an activating group) is 1. The highest BCUT2D eigenvalue weighted by molar-refractivity contribution is 5.60. The molecular weight excluding hydrogens is 192 g/mol. The molecule has 0 aromatic heterocycles. The second-order valence-corrected chi connectivity index (χ2v) is 3.96. The summed E-state index contributed by atoms with van der Waals surface area (Å²) in [6, 6.07) is 4.75. The quantitative estimate of drug-likeness (QED) is 0.718. The fourth-order valence-corrected chi connectivity index (χ4v) is 1.83. The summed E-state index contributed by atoms with van der Waals surface area (Å²) in [5, 5.41) is 18.9. The van der Waals surface area contributed by atoms with Crippen molar-refractivity contribution in [2.75, 3.05) is 38.1 Å². The van der Waals surface area contributed by atoms with Crippen LogP contribution in [-0.4, -0.2) is 48.3 Å². The van der Waals surface area contributed by atoms with E-state index in [0.29, 0.717) is 0 Å². The number of nitrogens with zero attached hydrogens (tertiary/aromatic N) is 2. The van der Waals surface area contributed by atoms with Crippen LogP contribution in [0.4, 0.5) is 5.69 Å². The third-order valence-corrected chi connectivity index (χ3v) is 2.80. The van der Waals surface area contributed by atoms with Gasteiger partial charge in [0.1, 0.15) is 11.5 Å². The molecule has 1 heterocycles. The van der Waals surface area contributed by atoms with Crippen LogP contribution in [0.15, 0.2) is 18.2 Å². The van der Waals surface area contributed by atoms with Crippen molar-refractivity contribution in [3.63, 3.8) is 0 Å². The van der Waals surface area contributed by atoms with Crippen molar-refractivity contribution in [1.82, 2.24) is 4.90 Å². The predicted molar refractivity (Wildman–Crippen MR) is 59.5 cm³/mol. The molecule has 1 aliphatic rings. The van der Waals surface area contributed by atoms with E-state index in [1.54, 1.807) is 12.1 Å². The summed E-state index contributed by atoms with van der Waals surface area (Å²) in [5.41, 5.74) is 0.806. The Balaban J connectivity index is 2.15. The largest absolute Gasteiger partial charge is 0.508 e. The average Bonchev–Trinajstić information content (AvgIpc) is 2.20. The summed E-state index contributed by atoms with van der Waals surface area (Å²) in [5.74, 6) is 0.255. The van der Waals surface area contributed by atoms with Crippen LogP contribution < -0.4 is 4.90 Å². The van der Waals surface area contributed by atoms with E-state index in [1.807, 2.05) is 0 Å². The second kappa shape index (κ2) is 3.98. The molecule has 1 aliphatic heterocycles. The molecule has 1 fully saturated rings. The first-order chi connectivity index (χ1) is 7.16. The normalized spacial score (nSPS) is 18.1. The van der Waals surface area contributed by atoms with Crippen LogP contribution in [0.2, 0.25) is 0 Å². The molecule has 1 saturated heterocycles. The summed E-state index contributed by atoms with van der Waals surface area (Å²) in [6.07, 6.45) is 0. The molecule has 1 aromatic rings. The Morgan fingerprint density at radius 2 is 1.73 bits per heavy atom. The van der Waals surface area contributed by atoms with Crippen molar-refractivity contribution in [3.05, 3.63) is 18.2 Å². The maximum Gasteiger partial charge on any atom is 0.142 e. The maximum absolute atomic E-state index is 9.69.